The number of rotatable bonds is 5. The van der Waals surface area contributed by atoms with E-state index < -0.39 is 0 Å². The standard InChI is InChI=1S/C14H23FN2/c1-5-14(3,16)10-17(4)11(2)12-8-6-7-9-13(12)15/h6-9,11H,5,10,16H2,1-4H3. The van der Waals surface area contributed by atoms with Gasteiger partial charge in [-0.05, 0) is 33.4 Å². The van der Waals surface area contributed by atoms with Crippen LogP contribution in [0, 0.1) is 5.82 Å². The van der Waals surface area contributed by atoms with Crippen LogP contribution in [-0.4, -0.2) is 24.0 Å². The van der Waals surface area contributed by atoms with Crippen LogP contribution in [0.25, 0.3) is 0 Å². The molecule has 0 saturated carbocycles. The molecule has 0 aromatic heterocycles. The third-order valence-electron chi connectivity index (χ3n) is 3.43. The highest BCUT2D eigenvalue weighted by Gasteiger charge is 2.22. The van der Waals surface area contributed by atoms with E-state index in [1.165, 1.54) is 6.07 Å². The van der Waals surface area contributed by atoms with Crippen molar-refractivity contribution in [3.63, 3.8) is 0 Å². The topological polar surface area (TPSA) is 29.3 Å². The molecule has 0 amide bonds. The van der Waals surface area contributed by atoms with E-state index in [4.69, 9.17) is 5.73 Å². The van der Waals surface area contributed by atoms with E-state index in [0.717, 1.165) is 18.5 Å². The summed E-state index contributed by atoms with van der Waals surface area (Å²) in [6.45, 7) is 6.85. The van der Waals surface area contributed by atoms with E-state index >= 15 is 0 Å². The fourth-order valence-electron chi connectivity index (χ4n) is 1.87. The maximum atomic E-state index is 13.7. The highest BCUT2D eigenvalue weighted by molar-refractivity contribution is 5.20. The number of benzene rings is 1. The molecule has 0 aliphatic heterocycles. The van der Waals surface area contributed by atoms with Crippen LogP contribution in [0.1, 0.15) is 38.8 Å². The number of hydrogen-bond donors (Lipinski definition) is 1. The summed E-state index contributed by atoms with van der Waals surface area (Å²) in [6.07, 6.45) is 0.904. The second kappa shape index (κ2) is 5.61. The first-order valence-electron chi connectivity index (χ1n) is 6.11. The minimum Gasteiger partial charge on any atom is -0.324 e. The Balaban J connectivity index is 2.77. The van der Waals surface area contributed by atoms with Crippen LogP contribution in [0.15, 0.2) is 24.3 Å². The largest absolute Gasteiger partial charge is 0.324 e. The Hall–Kier alpha value is -0.930. The van der Waals surface area contributed by atoms with E-state index in [1.54, 1.807) is 6.07 Å². The average Bonchev–Trinajstić information content (AvgIpc) is 2.28. The Morgan fingerprint density at radius 1 is 1.41 bits per heavy atom. The number of likely N-dealkylation sites (N-methyl/N-ethyl adjacent to an activating group) is 1. The van der Waals surface area contributed by atoms with Gasteiger partial charge in [-0.3, -0.25) is 4.90 Å². The highest BCUT2D eigenvalue weighted by atomic mass is 19.1. The Labute approximate surface area is 104 Å². The number of hydrogen-bond acceptors (Lipinski definition) is 2. The van der Waals surface area contributed by atoms with Crippen molar-refractivity contribution in [2.24, 2.45) is 5.73 Å². The monoisotopic (exact) mass is 238 g/mol. The van der Waals surface area contributed by atoms with E-state index in [9.17, 15) is 4.39 Å². The predicted octanol–water partition coefficient (Wildman–Crippen LogP) is 2.95. The molecule has 96 valence electrons. The van der Waals surface area contributed by atoms with Gasteiger partial charge in [-0.15, -0.1) is 0 Å². The van der Waals surface area contributed by atoms with E-state index in [2.05, 4.69) is 11.8 Å². The Bertz CT molecular complexity index is 363. The van der Waals surface area contributed by atoms with Gasteiger partial charge in [-0.2, -0.15) is 0 Å². The van der Waals surface area contributed by atoms with Gasteiger partial charge in [0.2, 0.25) is 0 Å². The molecule has 0 saturated heterocycles. The summed E-state index contributed by atoms with van der Waals surface area (Å²) in [6, 6.07) is 6.94. The minimum atomic E-state index is -0.228. The molecular weight excluding hydrogens is 215 g/mol. The van der Waals surface area contributed by atoms with Gasteiger partial charge in [0.15, 0.2) is 0 Å². The molecule has 1 rings (SSSR count). The molecule has 0 radical (unpaired) electrons. The summed E-state index contributed by atoms with van der Waals surface area (Å²) < 4.78 is 13.7. The van der Waals surface area contributed by atoms with Gasteiger partial charge in [0.05, 0.1) is 0 Å². The SMILES string of the molecule is CCC(C)(N)CN(C)C(C)c1ccccc1F. The van der Waals surface area contributed by atoms with E-state index in [1.807, 2.05) is 33.0 Å². The van der Waals surface area contributed by atoms with Gasteiger partial charge in [0, 0.05) is 23.7 Å². The number of nitrogens with zero attached hydrogens (tertiary/aromatic N) is 1. The molecule has 0 aliphatic carbocycles. The van der Waals surface area contributed by atoms with Gasteiger partial charge in [0.1, 0.15) is 5.82 Å². The maximum absolute atomic E-state index is 13.7. The lowest BCUT2D eigenvalue weighted by Crippen LogP contribution is -2.46. The number of halogens is 1. The van der Waals surface area contributed by atoms with Crippen molar-refractivity contribution in [2.45, 2.75) is 38.8 Å². The summed E-state index contributed by atoms with van der Waals surface area (Å²) >= 11 is 0. The van der Waals surface area contributed by atoms with Crippen molar-refractivity contribution in [1.82, 2.24) is 4.90 Å². The zero-order valence-electron chi connectivity index (χ0n) is 11.2. The van der Waals surface area contributed by atoms with Gasteiger partial charge in [-0.25, -0.2) is 4.39 Å². The van der Waals surface area contributed by atoms with Crippen molar-refractivity contribution >= 4 is 0 Å². The lowest BCUT2D eigenvalue weighted by Gasteiger charge is -2.33. The summed E-state index contributed by atoms with van der Waals surface area (Å²) in [7, 11) is 1.98. The van der Waals surface area contributed by atoms with Crippen LogP contribution in [0.3, 0.4) is 0 Å². The predicted molar refractivity (Wildman–Crippen MR) is 70.3 cm³/mol. The first-order valence-corrected chi connectivity index (χ1v) is 6.11. The third-order valence-corrected chi connectivity index (χ3v) is 3.43. The Kier molecular flexibility index (Phi) is 4.66. The molecule has 0 heterocycles. The summed E-state index contributed by atoms with van der Waals surface area (Å²) in [5, 5.41) is 0. The van der Waals surface area contributed by atoms with Crippen LogP contribution in [0.4, 0.5) is 4.39 Å². The first kappa shape index (κ1) is 14.1. The van der Waals surface area contributed by atoms with Crippen molar-refractivity contribution in [3.05, 3.63) is 35.6 Å². The zero-order chi connectivity index (χ0) is 13.1. The summed E-state index contributed by atoms with van der Waals surface area (Å²) in [5.74, 6) is -0.151. The van der Waals surface area contributed by atoms with Crippen LogP contribution < -0.4 is 5.73 Å². The first-order chi connectivity index (χ1) is 7.87. The van der Waals surface area contributed by atoms with Crippen LogP contribution >= 0.6 is 0 Å². The Morgan fingerprint density at radius 2 is 2.00 bits per heavy atom. The van der Waals surface area contributed by atoms with Gasteiger partial charge < -0.3 is 5.73 Å². The van der Waals surface area contributed by atoms with Crippen molar-refractivity contribution in [1.29, 1.82) is 0 Å². The highest BCUT2D eigenvalue weighted by Crippen LogP contribution is 2.23. The second-order valence-electron chi connectivity index (χ2n) is 5.12. The molecule has 2 unspecified atom stereocenters. The van der Waals surface area contributed by atoms with Crippen LogP contribution in [0.5, 0.6) is 0 Å². The lowest BCUT2D eigenvalue weighted by molar-refractivity contribution is 0.200. The average molecular weight is 238 g/mol. The number of nitrogens with two attached hydrogens (primary N) is 1. The quantitative estimate of drug-likeness (QED) is 0.854. The molecule has 3 heteroatoms. The van der Waals surface area contributed by atoms with Crippen molar-refractivity contribution in [3.8, 4) is 0 Å². The van der Waals surface area contributed by atoms with Gasteiger partial charge in [0.25, 0.3) is 0 Å². The van der Waals surface area contributed by atoms with Gasteiger partial charge >= 0.3 is 0 Å². The normalized spacial score (nSPS) is 16.9. The van der Waals surface area contributed by atoms with E-state index in [-0.39, 0.29) is 17.4 Å². The molecule has 0 bridgehead atoms. The third kappa shape index (κ3) is 3.79. The van der Waals surface area contributed by atoms with Gasteiger partial charge in [-0.1, -0.05) is 25.1 Å². The molecule has 1 aromatic rings. The molecule has 0 aliphatic rings. The molecule has 0 fully saturated rings. The molecule has 2 nitrogen and oxygen atoms in total. The van der Waals surface area contributed by atoms with Crippen molar-refractivity contribution < 1.29 is 4.39 Å². The molecule has 2 N–H and O–H groups in total. The molecule has 1 aromatic carbocycles. The maximum Gasteiger partial charge on any atom is 0.127 e. The molecule has 2 atom stereocenters. The minimum absolute atomic E-state index is 0.0330. The molecular formula is C14H23FN2. The zero-order valence-corrected chi connectivity index (χ0v) is 11.2. The lowest BCUT2D eigenvalue weighted by atomic mass is 9.98. The summed E-state index contributed by atoms with van der Waals surface area (Å²) in [5.41, 5.74) is 6.63. The Morgan fingerprint density at radius 3 is 2.53 bits per heavy atom. The van der Waals surface area contributed by atoms with Crippen molar-refractivity contribution in [2.75, 3.05) is 13.6 Å². The molecule has 0 spiro atoms. The fourth-order valence-corrected chi connectivity index (χ4v) is 1.87. The summed E-state index contributed by atoms with van der Waals surface area (Å²) in [4.78, 5) is 2.10. The smallest absolute Gasteiger partial charge is 0.127 e. The fraction of sp³-hybridized carbons (Fsp3) is 0.571. The van der Waals surface area contributed by atoms with Crippen LogP contribution in [0.2, 0.25) is 0 Å². The van der Waals surface area contributed by atoms with E-state index in [0.29, 0.717) is 0 Å². The molecule has 17 heavy (non-hydrogen) atoms. The van der Waals surface area contributed by atoms with Crippen LogP contribution in [-0.2, 0) is 0 Å². The second-order valence-corrected chi connectivity index (χ2v) is 5.12.